The molecule has 2 N–H and O–H groups in total. The molecule has 1 aliphatic rings. The summed E-state index contributed by atoms with van der Waals surface area (Å²) in [6.07, 6.45) is 5.24. The van der Waals surface area contributed by atoms with Crippen LogP contribution >= 0.6 is 23.7 Å². The van der Waals surface area contributed by atoms with E-state index in [0.717, 1.165) is 37.0 Å². The van der Waals surface area contributed by atoms with Crippen LogP contribution in [0.25, 0.3) is 10.8 Å². The maximum Gasteiger partial charge on any atom is 0.268 e. The van der Waals surface area contributed by atoms with E-state index in [0.29, 0.717) is 11.7 Å². The van der Waals surface area contributed by atoms with Gasteiger partial charge in [0.2, 0.25) is 0 Å². The van der Waals surface area contributed by atoms with Crippen LogP contribution in [0, 0.1) is 6.92 Å². The first-order valence-corrected chi connectivity index (χ1v) is 7.67. The molecule has 3 rings (SSSR count). The van der Waals surface area contributed by atoms with Crippen molar-refractivity contribution in [3.8, 4) is 10.8 Å². The number of aromatic nitrogens is 2. The zero-order chi connectivity index (χ0) is 13.5. The van der Waals surface area contributed by atoms with Crippen LogP contribution in [0.15, 0.2) is 10.6 Å². The van der Waals surface area contributed by atoms with E-state index in [1.807, 2.05) is 0 Å². The van der Waals surface area contributed by atoms with E-state index in [1.165, 1.54) is 10.4 Å². The summed E-state index contributed by atoms with van der Waals surface area (Å²) in [6.45, 7) is 4.29. The first-order valence-electron chi connectivity index (χ1n) is 6.85. The Balaban J connectivity index is 0.00000147. The van der Waals surface area contributed by atoms with Gasteiger partial charge in [-0.05, 0) is 37.8 Å². The van der Waals surface area contributed by atoms with Crippen molar-refractivity contribution in [2.45, 2.75) is 51.5 Å². The molecular formula is C14H20ClN3OS. The van der Waals surface area contributed by atoms with Gasteiger partial charge in [-0.2, -0.15) is 4.98 Å². The summed E-state index contributed by atoms with van der Waals surface area (Å²) in [5, 5.41) is 4.11. The molecule has 0 amide bonds. The van der Waals surface area contributed by atoms with E-state index >= 15 is 0 Å². The van der Waals surface area contributed by atoms with Crippen LogP contribution in [0.1, 0.15) is 48.9 Å². The molecule has 110 valence electrons. The molecule has 2 aromatic rings. The minimum Gasteiger partial charge on any atom is -0.333 e. The summed E-state index contributed by atoms with van der Waals surface area (Å²) < 4.78 is 5.41. The fourth-order valence-corrected chi connectivity index (χ4v) is 3.77. The third kappa shape index (κ3) is 2.62. The summed E-state index contributed by atoms with van der Waals surface area (Å²) in [7, 11) is 0. The number of nitrogens with zero attached hydrogens (tertiary/aromatic N) is 2. The van der Waals surface area contributed by atoms with Gasteiger partial charge in [0.05, 0.1) is 10.4 Å². The number of halogens is 1. The SMILES string of the molecule is CCc1cc(-c2nc(C3(N)CCCC3)no2)sc1C.Cl. The second-order valence-electron chi connectivity index (χ2n) is 5.33. The molecule has 0 bridgehead atoms. The van der Waals surface area contributed by atoms with Crippen LogP contribution in [0.2, 0.25) is 0 Å². The van der Waals surface area contributed by atoms with Gasteiger partial charge in [0, 0.05) is 4.88 Å². The van der Waals surface area contributed by atoms with Crippen LogP contribution in [0.5, 0.6) is 0 Å². The average molecular weight is 314 g/mol. The number of hydrogen-bond acceptors (Lipinski definition) is 5. The van der Waals surface area contributed by atoms with Gasteiger partial charge in [0.15, 0.2) is 5.82 Å². The van der Waals surface area contributed by atoms with Crippen molar-refractivity contribution in [3.63, 3.8) is 0 Å². The second-order valence-corrected chi connectivity index (χ2v) is 6.59. The molecule has 1 saturated carbocycles. The zero-order valence-corrected chi connectivity index (χ0v) is 13.4. The molecule has 6 heteroatoms. The fraction of sp³-hybridized carbons (Fsp3) is 0.571. The van der Waals surface area contributed by atoms with Gasteiger partial charge in [-0.25, -0.2) is 0 Å². The molecule has 2 aromatic heterocycles. The van der Waals surface area contributed by atoms with Gasteiger partial charge in [-0.1, -0.05) is 24.9 Å². The maximum atomic E-state index is 6.35. The molecule has 1 aliphatic carbocycles. The molecule has 2 heterocycles. The molecule has 4 nitrogen and oxygen atoms in total. The molecule has 1 fully saturated rings. The molecule has 20 heavy (non-hydrogen) atoms. The Hall–Kier alpha value is -0.910. The molecule has 0 saturated heterocycles. The minimum atomic E-state index is -0.373. The van der Waals surface area contributed by atoms with E-state index in [1.54, 1.807) is 11.3 Å². The van der Waals surface area contributed by atoms with Crippen molar-refractivity contribution in [1.82, 2.24) is 10.1 Å². The number of rotatable bonds is 3. The standard InChI is InChI=1S/C14H19N3OS.ClH/c1-3-10-8-11(19-9(10)2)12-16-13(17-18-12)14(15)6-4-5-7-14;/h8H,3-7,15H2,1-2H3;1H. The van der Waals surface area contributed by atoms with Gasteiger partial charge in [-0.3, -0.25) is 0 Å². The minimum absolute atomic E-state index is 0. The highest BCUT2D eigenvalue weighted by Gasteiger charge is 2.36. The Bertz CT molecular complexity index is 587. The smallest absolute Gasteiger partial charge is 0.268 e. The predicted molar refractivity (Wildman–Crippen MR) is 83.3 cm³/mol. The highest BCUT2D eigenvalue weighted by molar-refractivity contribution is 7.15. The van der Waals surface area contributed by atoms with E-state index in [4.69, 9.17) is 10.3 Å². The van der Waals surface area contributed by atoms with Gasteiger partial charge < -0.3 is 10.3 Å². The quantitative estimate of drug-likeness (QED) is 0.935. The lowest BCUT2D eigenvalue weighted by molar-refractivity contribution is 0.373. The second kappa shape index (κ2) is 5.84. The van der Waals surface area contributed by atoms with Gasteiger partial charge >= 0.3 is 0 Å². The Kier molecular flexibility index (Phi) is 4.52. The van der Waals surface area contributed by atoms with Gasteiger partial charge in [-0.15, -0.1) is 23.7 Å². The highest BCUT2D eigenvalue weighted by Crippen LogP contribution is 2.36. The maximum absolute atomic E-state index is 6.35. The van der Waals surface area contributed by atoms with E-state index in [2.05, 4.69) is 30.1 Å². The molecule has 0 aliphatic heterocycles. The van der Waals surface area contributed by atoms with Crippen LogP contribution in [-0.4, -0.2) is 10.1 Å². The largest absolute Gasteiger partial charge is 0.333 e. The lowest BCUT2D eigenvalue weighted by Crippen LogP contribution is -2.34. The number of nitrogens with two attached hydrogens (primary N) is 1. The van der Waals surface area contributed by atoms with Crippen LogP contribution < -0.4 is 5.73 Å². The first kappa shape index (κ1) is 15.5. The number of thiophene rings is 1. The summed E-state index contributed by atoms with van der Waals surface area (Å²) in [6, 6.07) is 2.15. The summed E-state index contributed by atoms with van der Waals surface area (Å²) in [5.74, 6) is 1.28. The normalized spacial score (nSPS) is 17.1. The summed E-state index contributed by atoms with van der Waals surface area (Å²) in [5.41, 5.74) is 7.33. The third-order valence-corrected chi connectivity index (χ3v) is 5.06. The van der Waals surface area contributed by atoms with Crippen molar-refractivity contribution < 1.29 is 4.52 Å². The topological polar surface area (TPSA) is 64.9 Å². The molecule has 0 radical (unpaired) electrons. The molecule has 0 aromatic carbocycles. The summed E-state index contributed by atoms with van der Waals surface area (Å²) >= 11 is 1.71. The van der Waals surface area contributed by atoms with Gasteiger partial charge in [0.1, 0.15) is 0 Å². The number of aryl methyl sites for hydroxylation is 2. The monoisotopic (exact) mass is 313 g/mol. The summed E-state index contributed by atoms with van der Waals surface area (Å²) in [4.78, 5) is 6.90. The van der Waals surface area contributed by atoms with Crippen molar-refractivity contribution in [3.05, 3.63) is 22.3 Å². The van der Waals surface area contributed by atoms with Crippen LogP contribution in [-0.2, 0) is 12.0 Å². The average Bonchev–Trinajstić information content (AvgIpc) is 3.07. The van der Waals surface area contributed by atoms with E-state index in [9.17, 15) is 0 Å². The Morgan fingerprint density at radius 3 is 2.70 bits per heavy atom. The molecule has 0 unspecified atom stereocenters. The van der Waals surface area contributed by atoms with Gasteiger partial charge in [0.25, 0.3) is 5.89 Å². The third-order valence-electron chi connectivity index (χ3n) is 3.98. The molecular weight excluding hydrogens is 294 g/mol. The van der Waals surface area contributed by atoms with Crippen LogP contribution in [0.3, 0.4) is 0 Å². The fourth-order valence-electron chi connectivity index (χ4n) is 2.73. The van der Waals surface area contributed by atoms with Crippen molar-refractivity contribution in [2.75, 3.05) is 0 Å². The van der Waals surface area contributed by atoms with E-state index < -0.39 is 0 Å². The first-order chi connectivity index (χ1) is 9.12. The molecule has 0 atom stereocenters. The van der Waals surface area contributed by atoms with Crippen LogP contribution in [0.4, 0.5) is 0 Å². The molecule has 0 spiro atoms. The Morgan fingerprint density at radius 2 is 2.10 bits per heavy atom. The number of hydrogen-bond donors (Lipinski definition) is 1. The lowest BCUT2D eigenvalue weighted by Gasteiger charge is -2.17. The predicted octanol–water partition coefficient (Wildman–Crippen LogP) is 3.82. The highest BCUT2D eigenvalue weighted by atomic mass is 35.5. The van der Waals surface area contributed by atoms with Crippen molar-refractivity contribution >= 4 is 23.7 Å². The van der Waals surface area contributed by atoms with Crippen molar-refractivity contribution in [1.29, 1.82) is 0 Å². The Labute approximate surface area is 129 Å². The Morgan fingerprint density at radius 1 is 1.40 bits per heavy atom. The van der Waals surface area contributed by atoms with E-state index in [-0.39, 0.29) is 17.9 Å². The van der Waals surface area contributed by atoms with Crippen molar-refractivity contribution in [2.24, 2.45) is 5.73 Å². The zero-order valence-electron chi connectivity index (χ0n) is 11.8. The lowest BCUT2D eigenvalue weighted by atomic mass is 9.99.